The maximum absolute atomic E-state index is 12.7. The number of hydrogen-bond donors (Lipinski definition) is 0. The van der Waals surface area contributed by atoms with Crippen LogP contribution in [0.5, 0.6) is 0 Å². The number of nitro benzene ring substituents is 1. The van der Waals surface area contributed by atoms with Crippen LogP contribution in [0.1, 0.15) is 11.3 Å². The Morgan fingerprint density at radius 3 is 2.47 bits per heavy atom. The van der Waals surface area contributed by atoms with Gasteiger partial charge in [0.15, 0.2) is 0 Å². The molecule has 2 rings (SSSR count). The molecule has 0 amide bonds. The molecule has 2 aromatic rings. The number of nitrogens with zero attached hydrogens (tertiary/aromatic N) is 3. The number of benzene rings is 1. The lowest BCUT2D eigenvalue weighted by Crippen LogP contribution is -2.08. The van der Waals surface area contributed by atoms with Gasteiger partial charge in [-0.15, -0.1) is 0 Å². The number of rotatable bonds is 2. The van der Waals surface area contributed by atoms with E-state index in [1.54, 1.807) is 6.92 Å². The monoisotopic (exact) mass is 271 g/mol. The van der Waals surface area contributed by atoms with Crippen molar-refractivity contribution in [1.82, 2.24) is 9.55 Å². The first kappa shape index (κ1) is 13.1. The van der Waals surface area contributed by atoms with E-state index in [4.69, 9.17) is 0 Å². The van der Waals surface area contributed by atoms with E-state index in [-0.39, 0.29) is 5.69 Å². The quantitative estimate of drug-likeness (QED) is 0.622. The van der Waals surface area contributed by atoms with E-state index in [9.17, 15) is 23.3 Å². The molecule has 1 heterocycles. The maximum atomic E-state index is 12.7. The van der Waals surface area contributed by atoms with Gasteiger partial charge in [-0.1, -0.05) is 0 Å². The average Bonchev–Trinajstić information content (AvgIpc) is 2.73. The molecular formula is C11H8F3N3O2. The summed E-state index contributed by atoms with van der Waals surface area (Å²) in [4.78, 5) is 13.6. The second kappa shape index (κ2) is 4.38. The van der Waals surface area contributed by atoms with Gasteiger partial charge in [0.05, 0.1) is 22.5 Å². The van der Waals surface area contributed by atoms with Gasteiger partial charge in [-0.25, -0.2) is 4.98 Å². The van der Waals surface area contributed by atoms with Gasteiger partial charge in [-0.2, -0.15) is 13.2 Å². The molecule has 0 saturated heterocycles. The number of nitro groups is 1. The van der Waals surface area contributed by atoms with Gasteiger partial charge in [0, 0.05) is 24.0 Å². The van der Waals surface area contributed by atoms with Crippen molar-refractivity contribution >= 4 is 5.69 Å². The summed E-state index contributed by atoms with van der Waals surface area (Å²) in [7, 11) is 0. The van der Waals surface area contributed by atoms with Crippen LogP contribution in [0.3, 0.4) is 0 Å². The highest BCUT2D eigenvalue weighted by Crippen LogP contribution is 2.33. The van der Waals surface area contributed by atoms with Crippen LogP contribution in [0.4, 0.5) is 18.9 Å². The molecule has 5 nitrogen and oxygen atoms in total. The van der Waals surface area contributed by atoms with Crippen LogP contribution in [0.2, 0.25) is 0 Å². The summed E-state index contributed by atoms with van der Waals surface area (Å²) in [6.07, 6.45) is -1.89. The molecule has 19 heavy (non-hydrogen) atoms. The van der Waals surface area contributed by atoms with E-state index in [0.717, 1.165) is 12.1 Å². The third-order valence-corrected chi connectivity index (χ3v) is 2.54. The van der Waals surface area contributed by atoms with Gasteiger partial charge in [-0.3, -0.25) is 10.1 Å². The first-order valence-electron chi connectivity index (χ1n) is 5.15. The number of alkyl halides is 3. The summed E-state index contributed by atoms with van der Waals surface area (Å²) < 4.78 is 39.5. The molecule has 0 atom stereocenters. The normalized spacial score (nSPS) is 11.6. The van der Waals surface area contributed by atoms with E-state index in [0.29, 0.717) is 11.8 Å². The summed E-state index contributed by atoms with van der Waals surface area (Å²) in [6.45, 7) is 1.64. The van der Waals surface area contributed by atoms with Crippen LogP contribution in [0.15, 0.2) is 30.7 Å². The highest BCUT2D eigenvalue weighted by Gasteiger charge is 2.33. The number of halogens is 3. The van der Waals surface area contributed by atoms with Crippen molar-refractivity contribution < 1.29 is 18.1 Å². The van der Waals surface area contributed by atoms with E-state index in [1.807, 2.05) is 0 Å². The fourth-order valence-electron chi connectivity index (χ4n) is 1.63. The van der Waals surface area contributed by atoms with Crippen molar-refractivity contribution in [3.8, 4) is 5.69 Å². The zero-order chi connectivity index (χ0) is 14.2. The van der Waals surface area contributed by atoms with E-state index >= 15 is 0 Å². The highest BCUT2D eigenvalue weighted by atomic mass is 19.4. The van der Waals surface area contributed by atoms with Gasteiger partial charge >= 0.3 is 6.18 Å². The smallest absolute Gasteiger partial charge is 0.303 e. The van der Waals surface area contributed by atoms with Crippen LogP contribution < -0.4 is 0 Å². The van der Waals surface area contributed by atoms with Gasteiger partial charge in [-0.05, 0) is 13.0 Å². The Hall–Kier alpha value is -2.38. The summed E-state index contributed by atoms with van der Waals surface area (Å²) in [6, 6.07) is 2.43. The lowest BCUT2D eigenvalue weighted by Gasteiger charge is -2.10. The highest BCUT2D eigenvalue weighted by molar-refractivity contribution is 5.48. The van der Waals surface area contributed by atoms with Crippen LogP contribution in [-0.4, -0.2) is 14.5 Å². The summed E-state index contributed by atoms with van der Waals surface area (Å²) in [5.41, 5.74) is -1.05. The molecule has 100 valence electrons. The first-order chi connectivity index (χ1) is 8.79. The molecule has 0 radical (unpaired) electrons. The number of aryl methyl sites for hydroxylation is 1. The topological polar surface area (TPSA) is 61.0 Å². The lowest BCUT2D eigenvalue weighted by atomic mass is 10.1. The largest absolute Gasteiger partial charge is 0.416 e. The van der Waals surface area contributed by atoms with Gasteiger partial charge in [0.25, 0.3) is 5.69 Å². The molecule has 8 heteroatoms. The van der Waals surface area contributed by atoms with Crippen LogP contribution in [-0.2, 0) is 6.18 Å². The van der Waals surface area contributed by atoms with Crippen molar-refractivity contribution in [2.75, 3.05) is 0 Å². The summed E-state index contributed by atoms with van der Waals surface area (Å²) in [5.74, 6) is 0. The fourth-order valence-corrected chi connectivity index (χ4v) is 1.63. The Morgan fingerprint density at radius 1 is 1.32 bits per heavy atom. The minimum atomic E-state index is -4.64. The second-order valence-corrected chi connectivity index (χ2v) is 3.90. The van der Waals surface area contributed by atoms with Crippen molar-refractivity contribution in [3.05, 3.63) is 52.1 Å². The molecule has 0 unspecified atom stereocenters. The fraction of sp³-hybridized carbons (Fsp3) is 0.182. The molecule has 0 aliphatic heterocycles. The number of imidazole rings is 1. The molecule has 0 aliphatic rings. The summed E-state index contributed by atoms with van der Waals surface area (Å²) in [5, 5.41) is 10.7. The Bertz CT molecular complexity index is 634. The molecule has 0 N–H and O–H groups in total. The van der Waals surface area contributed by atoms with Gasteiger partial charge < -0.3 is 4.57 Å². The molecule has 0 spiro atoms. The Balaban J connectivity index is 2.65. The molecule has 0 fully saturated rings. The zero-order valence-electron chi connectivity index (χ0n) is 9.68. The van der Waals surface area contributed by atoms with E-state index in [1.165, 1.54) is 17.1 Å². The molecule has 1 aromatic carbocycles. The van der Waals surface area contributed by atoms with Crippen molar-refractivity contribution in [2.45, 2.75) is 13.1 Å². The third kappa shape index (κ3) is 2.56. The minimum absolute atomic E-state index is 0.0523. The minimum Gasteiger partial charge on any atom is -0.303 e. The second-order valence-electron chi connectivity index (χ2n) is 3.90. The number of hydrogen-bond acceptors (Lipinski definition) is 3. The zero-order valence-corrected chi connectivity index (χ0v) is 9.68. The standard InChI is InChI=1S/C11H8F3N3O2/c1-7-5-15-6-16(7)9-2-8(11(12,13)14)3-10(4-9)17(18)19/h2-6H,1H3. The molecular weight excluding hydrogens is 263 g/mol. The number of aromatic nitrogens is 2. The van der Waals surface area contributed by atoms with Crippen molar-refractivity contribution in [1.29, 1.82) is 0 Å². The van der Waals surface area contributed by atoms with Crippen molar-refractivity contribution in [3.63, 3.8) is 0 Å². The number of non-ortho nitro benzene ring substituents is 1. The predicted molar refractivity (Wildman–Crippen MR) is 60.0 cm³/mol. The van der Waals surface area contributed by atoms with Crippen molar-refractivity contribution in [2.24, 2.45) is 0 Å². The SMILES string of the molecule is Cc1cncn1-c1cc([N+](=O)[O-])cc(C(F)(F)F)c1. The Kier molecular flexibility index (Phi) is 3.01. The lowest BCUT2D eigenvalue weighted by molar-refractivity contribution is -0.385. The van der Waals surface area contributed by atoms with Gasteiger partial charge in [0.2, 0.25) is 0 Å². The maximum Gasteiger partial charge on any atom is 0.416 e. The summed E-state index contributed by atoms with van der Waals surface area (Å²) >= 11 is 0. The predicted octanol–water partition coefficient (Wildman–Crippen LogP) is 3.11. The molecule has 0 aliphatic carbocycles. The van der Waals surface area contributed by atoms with Crippen LogP contribution in [0.25, 0.3) is 5.69 Å². The van der Waals surface area contributed by atoms with Crippen LogP contribution in [0, 0.1) is 17.0 Å². The molecule has 0 bridgehead atoms. The average molecular weight is 271 g/mol. The van der Waals surface area contributed by atoms with Gasteiger partial charge in [0.1, 0.15) is 0 Å². The third-order valence-electron chi connectivity index (χ3n) is 2.54. The first-order valence-corrected chi connectivity index (χ1v) is 5.15. The Morgan fingerprint density at radius 2 is 2.00 bits per heavy atom. The molecule has 1 aromatic heterocycles. The Labute approximate surface area is 105 Å². The van der Waals surface area contributed by atoms with E-state index in [2.05, 4.69) is 4.98 Å². The molecule has 0 saturated carbocycles. The van der Waals surface area contributed by atoms with Crippen LogP contribution >= 0.6 is 0 Å². The van der Waals surface area contributed by atoms with E-state index < -0.39 is 22.4 Å².